The molecule has 27 heavy (non-hydrogen) atoms. The van der Waals surface area contributed by atoms with Gasteiger partial charge in [0.1, 0.15) is 0 Å². The van der Waals surface area contributed by atoms with Crippen molar-refractivity contribution in [1.29, 1.82) is 0 Å². The number of thioether (sulfide) groups is 1. The van der Waals surface area contributed by atoms with Crippen LogP contribution in [-0.4, -0.2) is 74.6 Å². The van der Waals surface area contributed by atoms with Crippen LogP contribution in [0.4, 0.5) is 0 Å². The molecule has 0 unspecified atom stereocenters. The van der Waals surface area contributed by atoms with E-state index < -0.39 is 10.0 Å². The second-order valence-electron chi connectivity index (χ2n) is 5.91. The molecule has 0 spiro atoms. The molecular weight excluding hydrogens is 542 g/mol. The SMILES string of the molecule is CN=C(NCCS(=O)(=O)N1CCSCC1)N(C)Cc1ccc(Cl)c(Cl)c1.I. The molecule has 1 fully saturated rings. The molecule has 0 atom stereocenters. The summed E-state index contributed by atoms with van der Waals surface area (Å²) in [6, 6.07) is 5.47. The zero-order valence-corrected chi connectivity index (χ0v) is 20.8. The summed E-state index contributed by atoms with van der Waals surface area (Å²) >= 11 is 13.8. The Morgan fingerprint density at radius 3 is 2.56 bits per heavy atom. The van der Waals surface area contributed by atoms with Crippen molar-refractivity contribution in [2.75, 3.05) is 51.0 Å². The van der Waals surface area contributed by atoms with Crippen LogP contribution in [0.25, 0.3) is 0 Å². The minimum absolute atomic E-state index is 0. The third-order valence-corrected chi connectivity index (χ3v) is 7.54. The Kier molecular flexibility index (Phi) is 11.1. The lowest BCUT2D eigenvalue weighted by atomic mass is 10.2. The fourth-order valence-electron chi connectivity index (χ4n) is 2.62. The van der Waals surface area contributed by atoms with Crippen LogP contribution < -0.4 is 5.32 Å². The van der Waals surface area contributed by atoms with Crippen molar-refractivity contribution in [3.05, 3.63) is 33.8 Å². The molecule has 2 rings (SSSR count). The largest absolute Gasteiger partial charge is 0.355 e. The van der Waals surface area contributed by atoms with E-state index in [1.54, 1.807) is 29.2 Å². The van der Waals surface area contributed by atoms with Gasteiger partial charge in [-0.05, 0) is 17.7 Å². The summed E-state index contributed by atoms with van der Waals surface area (Å²) < 4.78 is 26.3. The Balaban J connectivity index is 0.00000364. The minimum atomic E-state index is -3.23. The van der Waals surface area contributed by atoms with E-state index in [1.165, 1.54) is 0 Å². The smallest absolute Gasteiger partial charge is 0.215 e. The zero-order valence-electron chi connectivity index (χ0n) is 15.3. The second-order valence-corrected chi connectivity index (χ2v) is 10.0. The van der Waals surface area contributed by atoms with E-state index in [0.29, 0.717) is 42.2 Å². The van der Waals surface area contributed by atoms with E-state index in [4.69, 9.17) is 23.2 Å². The van der Waals surface area contributed by atoms with Crippen molar-refractivity contribution in [3.63, 3.8) is 0 Å². The number of rotatable bonds is 6. The third-order valence-electron chi connectivity index (χ3n) is 3.98. The monoisotopic (exact) mass is 566 g/mol. The van der Waals surface area contributed by atoms with Crippen LogP contribution in [-0.2, 0) is 16.6 Å². The fraction of sp³-hybridized carbons (Fsp3) is 0.562. The molecule has 1 aliphatic heterocycles. The summed E-state index contributed by atoms with van der Waals surface area (Å²) in [5.74, 6) is 2.40. The van der Waals surface area contributed by atoms with Crippen LogP contribution in [0.5, 0.6) is 0 Å². The predicted molar refractivity (Wildman–Crippen MR) is 127 cm³/mol. The number of hydrogen-bond donors (Lipinski definition) is 1. The molecule has 0 saturated carbocycles. The Morgan fingerprint density at radius 2 is 1.96 bits per heavy atom. The number of sulfonamides is 1. The van der Waals surface area contributed by atoms with Gasteiger partial charge in [0.05, 0.1) is 15.8 Å². The Labute approximate surface area is 193 Å². The van der Waals surface area contributed by atoms with Crippen LogP contribution in [0.1, 0.15) is 5.56 Å². The molecule has 0 aromatic heterocycles. The quantitative estimate of drug-likeness (QED) is 0.326. The standard InChI is InChI=1S/C16H24Cl2N4O2S2.HI/c1-19-16(21(2)12-13-3-4-14(17)15(18)11-13)20-5-10-26(23,24)22-6-8-25-9-7-22;/h3-4,11H,5-10,12H2,1-2H3,(H,19,20);1H. The molecule has 1 aromatic rings. The number of aliphatic imine (C=N–C) groups is 1. The number of nitrogens with one attached hydrogen (secondary N) is 1. The van der Waals surface area contributed by atoms with E-state index in [1.807, 2.05) is 24.1 Å². The second kappa shape index (κ2) is 11.9. The summed E-state index contributed by atoms with van der Waals surface area (Å²) in [6.45, 7) is 2.08. The maximum atomic E-state index is 12.4. The number of guanidine groups is 1. The lowest BCUT2D eigenvalue weighted by Crippen LogP contribution is -2.44. The molecule has 0 aliphatic carbocycles. The van der Waals surface area contributed by atoms with Gasteiger partial charge in [0.25, 0.3) is 0 Å². The number of nitrogens with zero attached hydrogens (tertiary/aromatic N) is 3. The fourth-order valence-corrected chi connectivity index (χ4v) is 5.43. The Morgan fingerprint density at radius 1 is 1.30 bits per heavy atom. The van der Waals surface area contributed by atoms with Crippen molar-refractivity contribution in [2.24, 2.45) is 4.99 Å². The molecule has 1 heterocycles. The lowest BCUT2D eigenvalue weighted by molar-refractivity contribution is 0.442. The van der Waals surface area contributed by atoms with Crippen molar-refractivity contribution in [2.45, 2.75) is 6.54 Å². The molecule has 0 radical (unpaired) electrons. The van der Waals surface area contributed by atoms with Gasteiger partial charge in [-0.1, -0.05) is 29.3 Å². The van der Waals surface area contributed by atoms with Crippen molar-refractivity contribution < 1.29 is 8.42 Å². The average molecular weight is 567 g/mol. The van der Waals surface area contributed by atoms with Crippen molar-refractivity contribution in [1.82, 2.24) is 14.5 Å². The first-order chi connectivity index (χ1) is 12.3. The van der Waals surface area contributed by atoms with Gasteiger partial charge in [-0.15, -0.1) is 24.0 Å². The van der Waals surface area contributed by atoms with Crippen LogP contribution in [0.3, 0.4) is 0 Å². The summed E-state index contributed by atoms with van der Waals surface area (Å²) in [5.41, 5.74) is 0.989. The van der Waals surface area contributed by atoms with Gasteiger partial charge < -0.3 is 10.2 Å². The Bertz CT molecular complexity index is 744. The number of halogens is 3. The van der Waals surface area contributed by atoms with Gasteiger partial charge in [0.15, 0.2) is 5.96 Å². The predicted octanol–water partition coefficient (Wildman–Crippen LogP) is 3.00. The van der Waals surface area contributed by atoms with Gasteiger partial charge >= 0.3 is 0 Å². The normalized spacial score (nSPS) is 15.9. The molecule has 11 heteroatoms. The highest BCUT2D eigenvalue weighted by atomic mass is 127. The number of hydrogen-bond acceptors (Lipinski definition) is 4. The molecule has 1 N–H and O–H groups in total. The van der Waals surface area contributed by atoms with Gasteiger partial charge in [-0.2, -0.15) is 11.8 Å². The van der Waals surface area contributed by atoms with E-state index in [-0.39, 0.29) is 29.7 Å². The van der Waals surface area contributed by atoms with Crippen LogP contribution >= 0.6 is 58.9 Å². The van der Waals surface area contributed by atoms with Gasteiger partial charge in [0.2, 0.25) is 10.0 Å². The average Bonchev–Trinajstić information content (AvgIpc) is 2.62. The maximum absolute atomic E-state index is 12.4. The van der Waals surface area contributed by atoms with E-state index in [0.717, 1.165) is 17.1 Å². The van der Waals surface area contributed by atoms with Crippen molar-refractivity contribution >= 4 is 74.9 Å². The van der Waals surface area contributed by atoms with Gasteiger partial charge in [-0.25, -0.2) is 12.7 Å². The summed E-state index contributed by atoms with van der Waals surface area (Å²) in [6.07, 6.45) is 0. The topological polar surface area (TPSA) is 65.0 Å². The molecule has 6 nitrogen and oxygen atoms in total. The highest BCUT2D eigenvalue weighted by Crippen LogP contribution is 2.23. The molecule has 0 bridgehead atoms. The Hall–Kier alpha value is 0.0600. The highest BCUT2D eigenvalue weighted by molar-refractivity contribution is 14.0. The minimum Gasteiger partial charge on any atom is -0.355 e. The molecule has 1 aliphatic rings. The molecule has 1 aromatic carbocycles. The lowest BCUT2D eigenvalue weighted by Gasteiger charge is -2.26. The van der Waals surface area contributed by atoms with Crippen molar-refractivity contribution in [3.8, 4) is 0 Å². The molecular formula is C16H25Cl2IN4O2S2. The first-order valence-corrected chi connectivity index (χ1v) is 11.8. The van der Waals surface area contributed by atoms with E-state index in [2.05, 4.69) is 10.3 Å². The summed E-state index contributed by atoms with van der Waals surface area (Å²) in [4.78, 5) is 6.12. The highest BCUT2D eigenvalue weighted by Gasteiger charge is 2.23. The van der Waals surface area contributed by atoms with Crippen LogP contribution in [0.15, 0.2) is 23.2 Å². The van der Waals surface area contributed by atoms with Gasteiger partial charge in [0, 0.05) is 51.8 Å². The van der Waals surface area contributed by atoms with E-state index in [9.17, 15) is 8.42 Å². The molecule has 154 valence electrons. The van der Waals surface area contributed by atoms with E-state index >= 15 is 0 Å². The molecule has 1 saturated heterocycles. The first-order valence-electron chi connectivity index (χ1n) is 8.25. The third kappa shape index (κ3) is 7.77. The van der Waals surface area contributed by atoms with Crippen LogP contribution in [0, 0.1) is 0 Å². The van der Waals surface area contributed by atoms with Gasteiger partial charge in [-0.3, -0.25) is 4.99 Å². The molecule has 0 amide bonds. The maximum Gasteiger partial charge on any atom is 0.215 e. The summed E-state index contributed by atoms with van der Waals surface area (Å²) in [7, 11) is 0.323. The number of benzene rings is 1. The summed E-state index contributed by atoms with van der Waals surface area (Å²) in [5, 5.41) is 4.14. The van der Waals surface area contributed by atoms with Crippen LogP contribution in [0.2, 0.25) is 10.0 Å². The zero-order chi connectivity index (χ0) is 19.2. The first kappa shape index (κ1) is 25.1.